The minimum absolute atomic E-state index is 0.0797. The van der Waals surface area contributed by atoms with Crippen LogP contribution < -0.4 is 5.32 Å². The van der Waals surface area contributed by atoms with Crippen LogP contribution in [0.5, 0.6) is 0 Å². The van der Waals surface area contributed by atoms with E-state index in [1.165, 1.54) is 0 Å². The molecule has 0 radical (unpaired) electrons. The lowest BCUT2D eigenvalue weighted by atomic mass is 10.0. The van der Waals surface area contributed by atoms with Crippen LogP contribution in [0.15, 0.2) is 42.6 Å². The number of hydrogen-bond donors (Lipinski definition) is 2. The minimum Gasteiger partial charge on any atom is -0.357 e. The molecule has 1 fully saturated rings. The Morgan fingerprint density at radius 2 is 2.04 bits per heavy atom. The van der Waals surface area contributed by atoms with Gasteiger partial charge in [-0.3, -0.25) is 9.59 Å². The molecule has 0 spiro atoms. The summed E-state index contributed by atoms with van der Waals surface area (Å²) in [7, 11) is 0. The Labute approximate surface area is 135 Å². The van der Waals surface area contributed by atoms with Crippen LogP contribution in [0.3, 0.4) is 0 Å². The summed E-state index contributed by atoms with van der Waals surface area (Å²) in [5.74, 6) is -0.186. The molecule has 1 aromatic carbocycles. The summed E-state index contributed by atoms with van der Waals surface area (Å²) in [6.45, 7) is 3.08. The Balaban J connectivity index is 1.89. The first kappa shape index (κ1) is 15.3. The molecule has 0 aliphatic carbocycles. The molecule has 2 amide bonds. The maximum atomic E-state index is 12.9. The fourth-order valence-corrected chi connectivity index (χ4v) is 2.98. The lowest BCUT2D eigenvalue weighted by Crippen LogP contribution is -2.48. The van der Waals surface area contributed by atoms with Gasteiger partial charge in [0.25, 0.3) is 5.91 Å². The quantitative estimate of drug-likeness (QED) is 0.909. The average molecular weight is 311 g/mol. The van der Waals surface area contributed by atoms with Crippen LogP contribution in [0, 0.1) is 6.92 Å². The van der Waals surface area contributed by atoms with Crippen molar-refractivity contribution >= 4 is 11.8 Å². The first-order valence-electron chi connectivity index (χ1n) is 7.93. The van der Waals surface area contributed by atoms with Gasteiger partial charge in [0, 0.05) is 25.7 Å². The normalized spacial score (nSPS) is 18.4. The van der Waals surface area contributed by atoms with Gasteiger partial charge in [-0.05, 0) is 30.5 Å². The standard InChI is InChI=1S/C18H21N3O2/c1-13-8-10-19-16(13)18(23)21-11-5-9-20-17(22)15(21)12-14-6-3-2-4-7-14/h2-4,6-8,10,15,19H,5,9,11-12H2,1H3,(H,20,22). The van der Waals surface area contributed by atoms with E-state index in [1.54, 1.807) is 11.1 Å². The zero-order valence-electron chi connectivity index (χ0n) is 13.2. The summed E-state index contributed by atoms with van der Waals surface area (Å²) in [6.07, 6.45) is 3.05. The number of carbonyl (C=O) groups is 2. The minimum atomic E-state index is -0.477. The first-order valence-corrected chi connectivity index (χ1v) is 7.93. The Morgan fingerprint density at radius 1 is 1.26 bits per heavy atom. The van der Waals surface area contributed by atoms with E-state index < -0.39 is 6.04 Å². The lowest BCUT2D eigenvalue weighted by Gasteiger charge is -2.28. The molecule has 23 heavy (non-hydrogen) atoms. The molecule has 1 aliphatic rings. The molecular formula is C18H21N3O2. The number of nitrogens with zero attached hydrogens (tertiary/aromatic N) is 1. The molecule has 2 aromatic rings. The van der Waals surface area contributed by atoms with E-state index in [9.17, 15) is 9.59 Å². The molecule has 5 heteroatoms. The van der Waals surface area contributed by atoms with Crippen LogP contribution in [0.25, 0.3) is 0 Å². The molecule has 0 bridgehead atoms. The Morgan fingerprint density at radius 3 is 2.74 bits per heavy atom. The highest BCUT2D eigenvalue weighted by Gasteiger charge is 2.33. The van der Waals surface area contributed by atoms with Crippen molar-refractivity contribution < 1.29 is 9.59 Å². The molecule has 0 saturated carbocycles. The highest BCUT2D eigenvalue weighted by molar-refractivity contribution is 5.97. The van der Waals surface area contributed by atoms with Crippen molar-refractivity contribution in [3.63, 3.8) is 0 Å². The van der Waals surface area contributed by atoms with Crippen LogP contribution in [0.1, 0.15) is 28.0 Å². The van der Waals surface area contributed by atoms with Gasteiger partial charge in [0.1, 0.15) is 11.7 Å². The molecule has 3 rings (SSSR count). The average Bonchev–Trinajstić information content (AvgIpc) is 2.91. The van der Waals surface area contributed by atoms with E-state index in [2.05, 4.69) is 10.3 Å². The number of hydrogen-bond acceptors (Lipinski definition) is 2. The van der Waals surface area contributed by atoms with Gasteiger partial charge >= 0.3 is 0 Å². The van der Waals surface area contributed by atoms with Gasteiger partial charge in [-0.2, -0.15) is 0 Å². The zero-order valence-corrected chi connectivity index (χ0v) is 13.2. The molecule has 2 N–H and O–H groups in total. The van der Waals surface area contributed by atoms with E-state index in [-0.39, 0.29) is 11.8 Å². The second-order valence-corrected chi connectivity index (χ2v) is 5.88. The second-order valence-electron chi connectivity index (χ2n) is 5.88. The molecule has 5 nitrogen and oxygen atoms in total. The van der Waals surface area contributed by atoms with Crippen molar-refractivity contribution in [1.82, 2.24) is 15.2 Å². The van der Waals surface area contributed by atoms with Crippen molar-refractivity contribution in [3.05, 3.63) is 59.4 Å². The van der Waals surface area contributed by atoms with E-state index in [1.807, 2.05) is 43.3 Å². The summed E-state index contributed by atoms with van der Waals surface area (Å²) >= 11 is 0. The topological polar surface area (TPSA) is 65.2 Å². The smallest absolute Gasteiger partial charge is 0.271 e. The number of rotatable bonds is 3. The Bertz CT molecular complexity index is 693. The zero-order chi connectivity index (χ0) is 16.2. The second kappa shape index (κ2) is 6.69. The maximum absolute atomic E-state index is 12.9. The van der Waals surface area contributed by atoms with E-state index in [4.69, 9.17) is 0 Å². The summed E-state index contributed by atoms with van der Waals surface area (Å²) < 4.78 is 0. The summed E-state index contributed by atoms with van der Waals surface area (Å²) in [6, 6.07) is 11.2. The number of H-pyrrole nitrogens is 1. The molecule has 1 aliphatic heterocycles. The molecule has 2 heterocycles. The Hall–Kier alpha value is -2.56. The highest BCUT2D eigenvalue weighted by atomic mass is 16.2. The lowest BCUT2D eigenvalue weighted by molar-refractivity contribution is -0.124. The van der Waals surface area contributed by atoms with Crippen LogP contribution in [-0.4, -0.2) is 40.8 Å². The molecular weight excluding hydrogens is 290 g/mol. The number of aromatic amines is 1. The third kappa shape index (κ3) is 3.28. The molecule has 120 valence electrons. The number of carbonyl (C=O) groups excluding carboxylic acids is 2. The van der Waals surface area contributed by atoms with Gasteiger partial charge in [-0.15, -0.1) is 0 Å². The van der Waals surface area contributed by atoms with Gasteiger partial charge < -0.3 is 15.2 Å². The molecule has 1 aromatic heterocycles. The molecule has 1 atom stereocenters. The highest BCUT2D eigenvalue weighted by Crippen LogP contribution is 2.17. The third-order valence-electron chi connectivity index (χ3n) is 4.26. The van der Waals surface area contributed by atoms with Crippen molar-refractivity contribution in [3.8, 4) is 0 Å². The van der Waals surface area contributed by atoms with Crippen molar-refractivity contribution in [2.45, 2.75) is 25.8 Å². The maximum Gasteiger partial charge on any atom is 0.271 e. The van der Waals surface area contributed by atoms with Gasteiger partial charge in [0.2, 0.25) is 5.91 Å². The predicted molar refractivity (Wildman–Crippen MR) is 88.1 cm³/mol. The largest absolute Gasteiger partial charge is 0.357 e. The third-order valence-corrected chi connectivity index (χ3v) is 4.26. The number of nitrogens with one attached hydrogen (secondary N) is 2. The number of aryl methyl sites for hydroxylation is 1. The van der Waals surface area contributed by atoms with Gasteiger partial charge in [0.15, 0.2) is 0 Å². The fraction of sp³-hybridized carbons (Fsp3) is 0.333. The fourth-order valence-electron chi connectivity index (χ4n) is 2.98. The van der Waals surface area contributed by atoms with Crippen LogP contribution in [0.4, 0.5) is 0 Å². The van der Waals surface area contributed by atoms with Gasteiger partial charge in [-0.1, -0.05) is 30.3 Å². The van der Waals surface area contributed by atoms with E-state index in [0.717, 1.165) is 17.5 Å². The number of aromatic nitrogens is 1. The Kier molecular flexibility index (Phi) is 4.46. The first-order chi connectivity index (χ1) is 11.2. The SMILES string of the molecule is Cc1cc[nH]c1C(=O)N1CCCNC(=O)C1Cc1ccccc1. The van der Waals surface area contributed by atoms with Crippen molar-refractivity contribution in [1.29, 1.82) is 0 Å². The molecule has 1 unspecified atom stereocenters. The monoisotopic (exact) mass is 311 g/mol. The summed E-state index contributed by atoms with van der Waals surface area (Å²) in [5, 5.41) is 2.92. The van der Waals surface area contributed by atoms with Gasteiger partial charge in [-0.25, -0.2) is 0 Å². The van der Waals surface area contributed by atoms with E-state index >= 15 is 0 Å². The summed E-state index contributed by atoms with van der Waals surface area (Å²) in [5.41, 5.74) is 2.52. The number of amides is 2. The van der Waals surface area contributed by atoms with Crippen molar-refractivity contribution in [2.24, 2.45) is 0 Å². The molecule has 1 saturated heterocycles. The predicted octanol–water partition coefficient (Wildman–Crippen LogP) is 1.90. The van der Waals surface area contributed by atoms with Crippen molar-refractivity contribution in [2.75, 3.05) is 13.1 Å². The summed E-state index contributed by atoms with van der Waals surface area (Å²) in [4.78, 5) is 30.1. The number of benzene rings is 1. The van der Waals surface area contributed by atoms with Crippen LogP contribution in [0.2, 0.25) is 0 Å². The van der Waals surface area contributed by atoms with Crippen LogP contribution >= 0.6 is 0 Å². The van der Waals surface area contributed by atoms with Gasteiger partial charge in [0.05, 0.1) is 0 Å². The van der Waals surface area contributed by atoms with E-state index in [0.29, 0.717) is 25.2 Å². The van der Waals surface area contributed by atoms with Crippen LogP contribution in [-0.2, 0) is 11.2 Å².